The Morgan fingerprint density at radius 1 is 1.10 bits per heavy atom. The van der Waals surface area contributed by atoms with E-state index in [2.05, 4.69) is 22.9 Å². The lowest BCUT2D eigenvalue weighted by Gasteiger charge is -2.14. The molecule has 1 unspecified atom stereocenters. The Bertz CT molecular complexity index is 573. The van der Waals surface area contributed by atoms with Crippen molar-refractivity contribution in [3.8, 4) is 0 Å². The second-order valence-corrected chi connectivity index (χ2v) is 5.59. The molecule has 106 valence electrons. The molecular weight excluding hydrogens is 326 g/mol. The first-order chi connectivity index (χ1) is 9.52. The van der Waals surface area contributed by atoms with E-state index in [9.17, 15) is 13.9 Å². The fourth-order valence-corrected chi connectivity index (χ4v) is 2.54. The molecule has 0 bridgehead atoms. The molecule has 0 aliphatic carbocycles. The van der Waals surface area contributed by atoms with Crippen LogP contribution in [0, 0.1) is 11.6 Å². The van der Waals surface area contributed by atoms with Crippen LogP contribution in [0.25, 0.3) is 0 Å². The van der Waals surface area contributed by atoms with Crippen molar-refractivity contribution in [3.63, 3.8) is 0 Å². The van der Waals surface area contributed by atoms with Crippen molar-refractivity contribution in [2.75, 3.05) is 0 Å². The van der Waals surface area contributed by atoms with Crippen LogP contribution in [0.15, 0.2) is 40.9 Å². The lowest BCUT2D eigenvalue weighted by molar-refractivity contribution is 0.209. The molecule has 0 aromatic heterocycles. The standard InChI is InChI=1S/C16H15BrF2O/c1-2-3-10-4-6-11(7-5-10)16(20)15-13(18)8-12(17)9-14(15)19/h4-9,16,20H,2-3H2,1H3. The molecule has 20 heavy (non-hydrogen) atoms. The topological polar surface area (TPSA) is 20.2 Å². The smallest absolute Gasteiger partial charge is 0.133 e. The van der Waals surface area contributed by atoms with Gasteiger partial charge in [-0.05, 0) is 29.7 Å². The van der Waals surface area contributed by atoms with Gasteiger partial charge in [0.15, 0.2) is 0 Å². The summed E-state index contributed by atoms with van der Waals surface area (Å²) in [4.78, 5) is 0. The van der Waals surface area contributed by atoms with Gasteiger partial charge in [-0.2, -0.15) is 0 Å². The average molecular weight is 341 g/mol. The van der Waals surface area contributed by atoms with Crippen molar-refractivity contribution in [2.45, 2.75) is 25.9 Å². The van der Waals surface area contributed by atoms with Crippen molar-refractivity contribution in [2.24, 2.45) is 0 Å². The SMILES string of the molecule is CCCc1ccc(C(O)c2c(F)cc(Br)cc2F)cc1. The first kappa shape index (κ1) is 15.1. The summed E-state index contributed by atoms with van der Waals surface area (Å²) >= 11 is 3.02. The van der Waals surface area contributed by atoms with Gasteiger partial charge in [0.05, 0.1) is 5.56 Å². The van der Waals surface area contributed by atoms with E-state index in [1.54, 1.807) is 12.1 Å². The maximum Gasteiger partial charge on any atom is 0.133 e. The highest BCUT2D eigenvalue weighted by molar-refractivity contribution is 9.10. The second kappa shape index (κ2) is 6.46. The summed E-state index contributed by atoms with van der Waals surface area (Å²) < 4.78 is 27.9. The molecule has 2 rings (SSSR count). The molecule has 0 spiro atoms. The summed E-state index contributed by atoms with van der Waals surface area (Å²) in [6.07, 6.45) is 0.661. The van der Waals surface area contributed by atoms with E-state index >= 15 is 0 Å². The molecule has 0 heterocycles. The van der Waals surface area contributed by atoms with E-state index in [-0.39, 0.29) is 5.56 Å². The Morgan fingerprint density at radius 3 is 2.15 bits per heavy atom. The molecule has 4 heteroatoms. The van der Waals surface area contributed by atoms with Crippen LogP contribution in [0.3, 0.4) is 0 Å². The molecule has 0 aliphatic rings. The quantitative estimate of drug-likeness (QED) is 0.850. The van der Waals surface area contributed by atoms with Gasteiger partial charge in [0, 0.05) is 4.47 Å². The third-order valence-electron chi connectivity index (χ3n) is 3.15. The number of rotatable bonds is 4. The molecule has 1 nitrogen and oxygen atoms in total. The van der Waals surface area contributed by atoms with Gasteiger partial charge < -0.3 is 5.11 Å². The predicted octanol–water partition coefficient (Wildman–Crippen LogP) is 4.76. The number of hydrogen-bond acceptors (Lipinski definition) is 1. The van der Waals surface area contributed by atoms with Crippen LogP contribution in [0.5, 0.6) is 0 Å². The Morgan fingerprint density at radius 2 is 1.65 bits per heavy atom. The number of aliphatic hydroxyl groups excluding tert-OH is 1. The first-order valence-corrected chi connectivity index (χ1v) is 7.23. The number of aryl methyl sites for hydroxylation is 1. The minimum Gasteiger partial charge on any atom is -0.383 e. The summed E-state index contributed by atoms with van der Waals surface area (Å²) in [5, 5.41) is 10.2. The number of halogens is 3. The second-order valence-electron chi connectivity index (χ2n) is 4.68. The fourth-order valence-electron chi connectivity index (χ4n) is 2.14. The molecule has 2 aromatic carbocycles. The van der Waals surface area contributed by atoms with Crippen molar-refractivity contribution >= 4 is 15.9 Å². The van der Waals surface area contributed by atoms with E-state index in [4.69, 9.17) is 0 Å². The first-order valence-electron chi connectivity index (χ1n) is 6.44. The van der Waals surface area contributed by atoms with Gasteiger partial charge in [0.25, 0.3) is 0 Å². The zero-order valence-corrected chi connectivity index (χ0v) is 12.6. The Kier molecular flexibility index (Phi) is 4.89. The molecule has 0 saturated heterocycles. The summed E-state index contributed by atoms with van der Waals surface area (Å²) in [6, 6.07) is 9.45. The van der Waals surface area contributed by atoms with Gasteiger partial charge in [-0.25, -0.2) is 8.78 Å². The van der Waals surface area contributed by atoms with Crippen molar-refractivity contribution in [1.29, 1.82) is 0 Å². The summed E-state index contributed by atoms with van der Waals surface area (Å²) in [5.74, 6) is -1.52. The normalized spacial score (nSPS) is 12.4. The average Bonchev–Trinajstić information content (AvgIpc) is 2.38. The van der Waals surface area contributed by atoms with Gasteiger partial charge in [-0.15, -0.1) is 0 Å². The van der Waals surface area contributed by atoms with Gasteiger partial charge in [-0.3, -0.25) is 0 Å². The fraction of sp³-hybridized carbons (Fsp3) is 0.250. The molecule has 0 saturated carbocycles. The zero-order valence-electron chi connectivity index (χ0n) is 11.0. The van der Waals surface area contributed by atoms with Crippen molar-refractivity contribution < 1.29 is 13.9 Å². The third-order valence-corrected chi connectivity index (χ3v) is 3.61. The lowest BCUT2D eigenvalue weighted by Crippen LogP contribution is -2.06. The van der Waals surface area contributed by atoms with Gasteiger partial charge in [0.2, 0.25) is 0 Å². The monoisotopic (exact) mass is 340 g/mol. The number of aliphatic hydroxyl groups is 1. The van der Waals surface area contributed by atoms with E-state index in [1.165, 1.54) is 0 Å². The molecule has 0 radical (unpaired) electrons. The molecule has 1 N–H and O–H groups in total. The maximum absolute atomic E-state index is 13.8. The van der Waals surface area contributed by atoms with Crippen molar-refractivity contribution in [1.82, 2.24) is 0 Å². The highest BCUT2D eigenvalue weighted by Crippen LogP contribution is 2.29. The van der Waals surface area contributed by atoms with Gasteiger partial charge >= 0.3 is 0 Å². The molecule has 0 aliphatic heterocycles. The number of benzene rings is 2. The summed E-state index contributed by atoms with van der Waals surface area (Å²) in [5.41, 5.74) is 1.29. The van der Waals surface area contributed by atoms with Gasteiger partial charge in [0.1, 0.15) is 17.7 Å². The molecule has 0 amide bonds. The van der Waals surface area contributed by atoms with Crippen LogP contribution in [0.4, 0.5) is 8.78 Å². The van der Waals surface area contributed by atoms with Crippen LogP contribution in [-0.4, -0.2) is 5.11 Å². The lowest BCUT2D eigenvalue weighted by atomic mass is 9.98. The van der Waals surface area contributed by atoms with E-state index in [1.807, 2.05) is 12.1 Å². The molecule has 1 atom stereocenters. The summed E-state index contributed by atoms with van der Waals surface area (Å²) in [7, 11) is 0. The van der Waals surface area contributed by atoms with Crippen LogP contribution in [0.1, 0.15) is 36.1 Å². The zero-order chi connectivity index (χ0) is 14.7. The third kappa shape index (κ3) is 3.25. The van der Waals surface area contributed by atoms with Crippen LogP contribution >= 0.6 is 15.9 Å². The predicted molar refractivity (Wildman–Crippen MR) is 78.6 cm³/mol. The van der Waals surface area contributed by atoms with Gasteiger partial charge in [-0.1, -0.05) is 53.5 Å². The van der Waals surface area contributed by atoms with E-state index < -0.39 is 17.7 Å². The highest BCUT2D eigenvalue weighted by Gasteiger charge is 2.20. The minimum atomic E-state index is -1.31. The van der Waals surface area contributed by atoms with E-state index in [0.29, 0.717) is 10.0 Å². The highest BCUT2D eigenvalue weighted by atomic mass is 79.9. The molecule has 0 fully saturated rings. The van der Waals surface area contributed by atoms with Crippen molar-refractivity contribution in [3.05, 3.63) is 69.2 Å². The molecular formula is C16H15BrF2O. The van der Waals surface area contributed by atoms with E-state index in [0.717, 1.165) is 30.5 Å². The summed E-state index contributed by atoms with van der Waals surface area (Å²) in [6.45, 7) is 2.08. The minimum absolute atomic E-state index is 0.307. The maximum atomic E-state index is 13.8. The Balaban J connectivity index is 2.33. The number of hydrogen-bond donors (Lipinski definition) is 1. The van der Waals surface area contributed by atoms with Crippen LogP contribution < -0.4 is 0 Å². The Labute approximate surface area is 125 Å². The molecule has 2 aromatic rings. The Hall–Kier alpha value is -1.26. The van der Waals surface area contributed by atoms with Crippen LogP contribution in [0.2, 0.25) is 0 Å². The van der Waals surface area contributed by atoms with Crippen LogP contribution in [-0.2, 0) is 6.42 Å². The largest absolute Gasteiger partial charge is 0.383 e.